The summed E-state index contributed by atoms with van der Waals surface area (Å²) in [7, 11) is 0. The van der Waals surface area contributed by atoms with E-state index in [9.17, 15) is 18.8 Å². The summed E-state index contributed by atoms with van der Waals surface area (Å²) in [4.78, 5) is 11.9. The summed E-state index contributed by atoms with van der Waals surface area (Å²) >= 11 is 0. The Morgan fingerprint density at radius 3 is 2.22 bits per heavy atom. The van der Waals surface area contributed by atoms with E-state index >= 15 is 0 Å². The molecule has 0 aliphatic heterocycles. The second-order valence-electron chi connectivity index (χ2n) is 4.88. The molecule has 1 aromatic carbocycles. The Balaban J connectivity index is 2.81. The number of halogens is 2. The van der Waals surface area contributed by atoms with Gasteiger partial charge in [-0.05, 0) is 24.1 Å². The van der Waals surface area contributed by atoms with Crippen LogP contribution < -0.4 is 0 Å². The Morgan fingerprint density at radius 1 is 1.28 bits per heavy atom. The third-order valence-electron chi connectivity index (χ3n) is 2.95. The fourth-order valence-electron chi connectivity index (χ4n) is 1.45. The van der Waals surface area contributed by atoms with Gasteiger partial charge in [0.2, 0.25) is 0 Å². The fraction of sp³-hybridized carbons (Fsp3) is 0.462. The van der Waals surface area contributed by atoms with Crippen LogP contribution in [0.1, 0.15) is 32.8 Å². The summed E-state index contributed by atoms with van der Waals surface area (Å²) in [5.74, 6) is -1.95. The minimum atomic E-state index is -0.736. The van der Waals surface area contributed by atoms with E-state index in [1.807, 2.05) is 6.92 Å². The fourth-order valence-corrected chi connectivity index (χ4v) is 1.45. The number of rotatable bonds is 4. The van der Waals surface area contributed by atoms with Gasteiger partial charge in [-0.3, -0.25) is 10.0 Å². The average Bonchev–Trinajstić information content (AvgIpc) is 2.26. The van der Waals surface area contributed by atoms with Gasteiger partial charge in [0.05, 0.1) is 6.54 Å². The number of benzene rings is 1. The SMILES string of the molecule is CCC(C)(C)C(=O)N(O)Cc1cc(F)cc(F)c1. The first-order chi connectivity index (χ1) is 8.26. The monoisotopic (exact) mass is 257 g/mol. The highest BCUT2D eigenvalue weighted by Crippen LogP contribution is 2.23. The van der Waals surface area contributed by atoms with Crippen LogP contribution in [0.15, 0.2) is 18.2 Å². The quantitative estimate of drug-likeness (QED) is 0.665. The lowest BCUT2D eigenvalue weighted by atomic mass is 9.89. The van der Waals surface area contributed by atoms with Crippen molar-refractivity contribution in [2.24, 2.45) is 5.41 Å². The summed E-state index contributed by atoms with van der Waals surface area (Å²) < 4.78 is 25.9. The molecule has 0 spiro atoms. The van der Waals surface area contributed by atoms with Crippen molar-refractivity contribution in [2.45, 2.75) is 33.7 Å². The Hall–Kier alpha value is -1.49. The van der Waals surface area contributed by atoms with Crippen molar-refractivity contribution in [3.05, 3.63) is 35.4 Å². The summed E-state index contributed by atoms with van der Waals surface area (Å²) in [6.45, 7) is 4.99. The van der Waals surface area contributed by atoms with E-state index in [2.05, 4.69) is 0 Å². The topological polar surface area (TPSA) is 40.5 Å². The molecule has 0 saturated carbocycles. The predicted octanol–water partition coefficient (Wildman–Crippen LogP) is 3.12. The molecule has 1 aromatic rings. The number of nitrogens with zero attached hydrogens (tertiary/aromatic N) is 1. The lowest BCUT2D eigenvalue weighted by Gasteiger charge is -2.26. The lowest BCUT2D eigenvalue weighted by Crippen LogP contribution is -2.38. The second-order valence-corrected chi connectivity index (χ2v) is 4.88. The van der Waals surface area contributed by atoms with Crippen molar-refractivity contribution >= 4 is 5.91 Å². The molecule has 0 atom stereocenters. The minimum Gasteiger partial charge on any atom is -0.286 e. The zero-order valence-electron chi connectivity index (χ0n) is 10.7. The maximum atomic E-state index is 13.0. The molecule has 1 amide bonds. The van der Waals surface area contributed by atoms with Gasteiger partial charge in [-0.15, -0.1) is 0 Å². The minimum absolute atomic E-state index is 0.204. The van der Waals surface area contributed by atoms with Gasteiger partial charge in [-0.2, -0.15) is 0 Å². The van der Waals surface area contributed by atoms with E-state index in [-0.39, 0.29) is 12.1 Å². The van der Waals surface area contributed by atoms with E-state index < -0.39 is 23.0 Å². The van der Waals surface area contributed by atoms with Gasteiger partial charge in [0.25, 0.3) is 5.91 Å². The van der Waals surface area contributed by atoms with Crippen LogP contribution in [0.5, 0.6) is 0 Å². The number of carbonyl (C=O) groups excluding carboxylic acids is 1. The van der Waals surface area contributed by atoms with Gasteiger partial charge >= 0.3 is 0 Å². The molecule has 1 rings (SSSR count). The lowest BCUT2D eigenvalue weighted by molar-refractivity contribution is -0.178. The molecule has 0 aliphatic rings. The van der Waals surface area contributed by atoms with Crippen LogP contribution in [-0.4, -0.2) is 16.2 Å². The van der Waals surface area contributed by atoms with Crippen molar-refractivity contribution in [3.63, 3.8) is 0 Å². The molecule has 0 fully saturated rings. The summed E-state index contributed by atoms with van der Waals surface area (Å²) in [5.41, 5.74) is -0.504. The van der Waals surface area contributed by atoms with Gasteiger partial charge in [-0.1, -0.05) is 20.8 Å². The van der Waals surface area contributed by atoms with E-state index in [0.29, 0.717) is 11.5 Å². The van der Waals surface area contributed by atoms with Crippen LogP contribution in [-0.2, 0) is 11.3 Å². The van der Waals surface area contributed by atoms with Gasteiger partial charge in [0.1, 0.15) is 11.6 Å². The van der Waals surface area contributed by atoms with E-state index in [1.165, 1.54) is 0 Å². The largest absolute Gasteiger partial charge is 0.286 e. The molecule has 0 aromatic heterocycles. The molecule has 0 aliphatic carbocycles. The molecule has 0 saturated heterocycles. The Labute approximate surface area is 105 Å². The van der Waals surface area contributed by atoms with Gasteiger partial charge < -0.3 is 0 Å². The molecule has 3 nitrogen and oxygen atoms in total. The van der Waals surface area contributed by atoms with Crippen molar-refractivity contribution < 1.29 is 18.8 Å². The van der Waals surface area contributed by atoms with Gasteiger partial charge in [0, 0.05) is 11.5 Å². The number of carbonyl (C=O) groups is 1. The number of amides is 1. The molecule has 0 unspecified atom stereocenters. The van der Waals surface area contributed by atoms with Crippen molar-refractivity contribution in [1.29, 1.82) is 0 Å². The summed E-state index contributed by atoms with van der Waals surface area (Å²) in [6.07, 6.45) is 0.556. The Morgan fingerprint density at radius 2 is 1.78 bits per heavy atom. The van der Waals surface area contributed by atoms with Crippen LogP contribution in [0.3, 0.4) is 0 Å². The summed E-state index contributed by atoms with van der Waals surface area (Å²) in [5, 5.41) is 10.2. The van der Waals surface area contributed by atoms with Crippen LogP contribution in [0.25, 0.3) is 0 Å². The first-order valence-electron chi connectivity index (χ1n) is 5.72. The Kier molecular flexibility index (Phi) is 4.40. The van der Waals surface area contributed by atoms with Crippen molar-refractivity contribution in [2.75, 3.05) is 0 Å². The normalized spacial score (nSPS) is 11.4. The zero-order valence-corrected chi connectivity index (χ0v) is 10.7. The molecule has 0 bridgehead atoms. The Bertz CT molecular complexity index is 426. The van der Waals surface area contributed by atoms with Crippen LogP contribution in [0, 0.1) is 17.0 Å². The van der Waals surface area contributed by atoms with Crippen LogP contribution in [0.2, 0.25) is 0 Å². The molecule has 1 N–H and O–H groups in total. The molecule has 100 valence electrons. The van der Waals surface area contributed by atoms with E-state index in [0.717, 1.165) is 18.2 Å². The molecular weight excluding hydrogens is 240 g/mol. The highest BCUT2D eigenvalue weighted by atomic mass is 19.1. The number of hydroxylamine groups is 2. The average molecular weight is 257 g/mol. The van der Waals surface area contributed by atoms with E-state index in [4.69, 9.17) is 0 Å². The summed E-state index contributed by atoms with van der Waals surface area (Å²) in [6, 6.07) is 2.90. The molecule has 18 heavy (non-hydrogen) atoms. The molecule has 0 radical (unpaired) electrons. The van der Waals surface area contributed by atoms with Crippen molar-refractivity contribution in [1.82, 2.24) is 5.06 Å². The standard InChI is InChI=1S/C13H17F2NO2/c1-4-13(2,3)12(17)16(18)8-9-5-10(14)7-11(15)6-9/h5-7,18H,4,8H2,1-3H3. The maximum Gasteiger partial charge on any atom is 0.251 e. The number of hydrogen-bond donors (Lipinski definition) is 1. The predicted molar refractivity (Wildman–Crippen MR) is 62.8 cm³/mol. The molecular formula is C13H17F2NO2. The van der Waals surface area contributed by atoms with Crippen LogP contribution in [0.4, 0.5) is 8.78 Å². The third kappa shape index (κ3) is 3.50. The van der Waals surface area contributed by atoms with E-state index in [1.54, 1.807) is 13.8 Å². The molecule has 0 heterocycles. The maximum absolute atomic E-state index is 13.0. The van der Waals surface area contributed by atoms with Gasteiger partial charge in [0.15, 0.2) is 0 Å². The zero-order chi connectivity index (χ0) is 13.9. The molecule has 5 heteroatoms. The van der Waals surface area contributed by atoms with Crippen molar-refractivity contribution in [3.8, 4) is 0 Å². The van der Waals surface area contributed by atoms with Crippen LogP contribution >= 0.6 is 0 Å². The number of hydrogen-bond acceptors (Lipinski definition) is 2. The first-order valence-corrected chi connectivity index (χ1v) is 5.72. The highest BCUT2D eigenvalue weighted by molar-refractivity contribution is 5.80. The highest BCUT2D eigenvalue weighted by Gasteiger charge is 2.29. The first kappa shape index (κ1) is 14.6. The third-order valence-corrected chi connectivity index (χ3v) is 2.95. The second kappa shape index (κ2) is 5.44. The van der Waals surface area contributed by atoms with Gasteiger partial charge in [-0.25, -0.2) is 13.8 Å². The smallest absolute Gasteiger partial charge is 0.251 e.